The number of likely N-dealkylation sites (tertiary alicyclic amines) is 1. The summed E-state index contributed by atoms with van der Waals surface area (Å²) in [6.45, 7) is 3.57. The lowest BCUT2D eigenvalue weighted by Crippen LogP contribution is -2.31. The van der Waals surface area contributed by atoms with E-state index in [0.717, 1.165) is 26.1 Å². The Morgan fingerprint density at radius 1 is 1.31 bits per heavy atom. The third-order valence-corrected chi connectivity index (χ3v) is 2.61. The molecule has 5 heteroatoms. The Kier molecular flexibility index (Phi) is 5.54. The molecule has 1 unspecified atom stereocenters. The van der Waals surface area contributed by atoms with E-state index in [0.29, 0.717) is 6.61 Å². The van der Waals surface area contributed by atoms with Gasteiger partial charge in [0.05, 0.1) is 18.0 Å². The summed E-state index contributed by atoms with van der Waals surface area (Å²) >= 11 is -2.34. The number of hydrogen-bond donors (Lipinski definition) is 0. The molecule has 1 aliphatic heterocycles. The first-order valence-electron chi connectivity index (χ1n) is 4.74. The van der Waals surface area contributed by atoms with E-state index in [-0.39, 0.29) is 0 Å². The Balaban J connectivity index is 1.95. The lowest BCUT2D eigenvalue weighted by Gasteiger charge is -2.26. The van der Waals surface area contributed by atoms with Gasteiger partial charge in [0.1, 0.15) is 0 Å². The summed E-state index contributed by atoms with van der Waals surface area (Å²) in [5, 5.41) is 0. The average molecular weight is 206 g/mol. The maximum absolute atomic E-state index is 10.0. The molecule has 1 heterocycles. The summed E-state index contributed by atoms with van der Waals surface area (Å²) in [4.78, 5) is 2.36. The number of rotatable bonds is 5. The molecule has 0 bridgehead atoms. The molecule has 0 N–H and O–H groups in total. The van der Waals surface area contributed by atoms with Crippen molar-refractivity contribution in [2.45, 2.75) is 25.7 Å². The van der Waals surface area contributed by atoms with E-state index >= 15 is 0 Å². The molecule has 1 aliphatic rings. The van der Waals surface area contributed by atoms with Crippen molar-refractivity contribution in [3.8, 4) is 0 Å². The Morgan fingerprint density at radius 3 is 2.62 bits per heavy atom. The lowest BCUT2D eigenvalue weighted by atomic mass is 10.1. The van der Waals surface area contributed by atoms with E-state index in [9.17, 15) is 8.76 Å². The quantitative estimate of drug-likeness (QED) is 0.490. The normalized spacial score (nSPS) is 21.6. The first-order valence-corrected chi connectivity index (χ1v) is 5.74. The van der Waals surface area contributed by atoms with Crippen LogP contribution in [-0.4, -0.2) is 39.9 Å². The molecule has 4 nitrogen and oxygen atoms in total. The fourth-order valence-electron chi connectivity index (χ4n) is 1.60. The van der Waals surface area contributed by atoms with Gasteiger partial charge in [0.15, 0.2) is 0 Å². The van der Waals surface area contributed by atoms with Crippen molar-refractivity contribution in [2.75, 3.05) is 26.2 Å². The van der Waals surface area contributed by atoms with E-state index in [1.54, 1.807) is 0 Å². The molecule has 1 atom stereocenters. The van der Waals surface area contributed by atoms with Crippen LogP contribution < -0.4 is 0 Å². The minimum atomic E-state index is -2.34. The zero-order valence-corrected chi connectivity index (χ0v) is 8.55. The molecule has 0 aromatic rings. The van der Waals surface area contributed by atoms with Gasteiger partial charge in [-0.25, -0.2) is 4.21 Å². The van der Waals surface area contributed by atoms with Crippen molar-refractivity contribution >= 4 is 11.4 Å². The molecule has 1 rings (SSSR count). The second kappa shape index (κ2) is 6.48. The predicted octanol–water partition coefficient (Wildman–Crippen LogP) is 0.673. The molecule has 0 aromatic heterocycles. The summed E-state index contributed by atoms with van der Waals surface area (Å²) < 4.78 is 24.5. The zero-order chi connectivity index (χ0) is 9.52. The van der Waals surface area contributed by atoms with Gasteiger partial charge >= 0.3 is 0 Å². The summed E-state index contributed by atoms with van der Waals surface area (Å²) in [5.41, 5.74) is 0. The number of nitrogens with zero attached hydrogens (tertiary/aromatic N) is 1. The van der Waals surface area contributed by atoms with Crippen LogP contribution in [0.1, 0.15) is 25.7 Å². The maximum Gasteiger partial charge on any atom is 0.0842 e. The fourth-order valence-corrected chi connectivity index (χ4v) is 1.85. The minimum Gasteiger partial charge on any atom is -0.750 e. The van der Waals surface area contributed by atoms with Crippen LogP contribution >= 0.6 is 0 Å². The molecular formula is C8H16NO3S-. The van der Waals surface area contributed by atoms with Gasteiger partial charge in [-0.05, 0) is 32.4 Å². The van der Waals surface area contributed by atoms with Gasteiger partial charge < -0.3 is 13.6 Å². The summed E-state index contributed by atoms with van der Waals surface area (Å²) in [7, 11) is 0. The number of hydrogen-bond acceptors (Lipinski definition) is 4. The van der Waals surface area contributed by atoms with Crippen LogP contribution in [0.15, 0.2) is 0 Å². The van der Waals surface area contributed by atoms with Crippen LogP contribution in [0.25, 0.3) is 0 Å². The van der Waals surface area contributed by atoms with Crippen molar-refractivity contribution in [1.82, 2.24) is 4.90 Å². The van der Waals surface area contributed by atoms with Crippen molar-refractivity contribution in [2.24, 2.45) is 0 Å². The van der Waals surface area contributed by atoms with Crippen LogP contribution in [0.4, 0.5) is 0 Å². The zero-order valence-electron chi connectivity index (χ0n) is 7.74. The summed E-state index contributed by atoms with van der Waals surface area (Å²) in [6.07, 6.45) is 4.67. The van der Waals surface area contributed by atoms with Gasteiger partial charge in [-0.2, -0.15) is 0 Å². The highest BCUT2D eigenvalue weighted by Gasteiger charge is 2.08. The van der Waals surface area contributed by atoms with Crippen molar-refractivity contribution in [1.29, 1.82) is 0 Å². The van der Waals surface area contributed by atoms with Gasteiger partial charge in [-0.15, -0.1) is 0 Å². The molecule has 0 saturated carbocycles. The van der Waals surface area contributed by atoms with Crippen LogP contribution in [-0.2, 0) is 15.5 Å². The SMILES string of the molecule is O=S([O-])OCCCN1CCCCC1. The molecule has 78 valence electrons. The molecule has 0 radical (unpaired) electrons. The van der Waals surface area contributed by atoms with Crippen molar-refractivity contribution in [3.63, 3.8) is 0 Å². The maximum atomic E-state index is 10.0. The molecule has 1 fully saturated rings. The molecule has 13 heavy (non-hydrogen) atoms. The topological polar surface area (TPSA) is 52.6 Å². The highest BCUT2D eigenvalue weighted by atomic mass is 32.2. The second-order valence-corrected chi connectivity index (χ2v) is 3.93. The Labute approximate surface area is 81.7 Å². The highest BCUT2D eigenvalue weighted by Crippen LogP contribution is 2.08. The standard InChI is InChI=1S/C8H17NO3S/c10-13(11)12-8-4-7-9-5-2-1-3-6-9/h1-8H2,(H,10,11)/p-1. The molecule has 0 aliphatic carbocycles. The Bertz CT molecular complexity index is 159. The van der Waals surface area contributed by atoms with Gasteiger partial charge in [0.25, 0.3) is 0 Å². The molecule has 0 aromatic carbocycles. The lowest BCUT2D eigenvalue weighted by molar-refractivity contribution is 0.204. The summed E-state index contributed by atoms with van der Waals surface area (Å²) in [5.74, 6) is 0. The first kappa shape index (κ1) is 11.1. The van der Waals surface area contributed by atoms with E-state index in [4.69, 9.17) is 0 Å². The number of piperidine rings is 1. The Morgan fingerprint density at radius 2 is 2.00 bits per heavy atom. The van der Waals surface area contributed by atoms with E-state index in [1.807, 2.05) is 0 Å². The van der Waals surface area contributed by atoms with Crippen LogP contribution in [0, 0.1) is 0 Å². The van der Waals surface area contributed by atoms with Gasteiger partial charge in [-0.3, -0.25) is 0 Å². The second-order valence-electron chi connectivity index (χ2n) is 3.28. The average Bonchev–Trinajstić information content (AvgIpc) is 2.14. The van der Waals surface area contributed by atoms with E-state index < -0.39 is 11.4 Å². The van der Waals surface area contributed by atoms with Crippen LogP contribution in [0.2, 0.25) is 0 Å². The first-order chi connectivity index (χ1) is 6.29. The van der Waals surface area contributed by atoms with Gasteiger partial charge in [-0.1, -0.05) is 6.42 Å². The third kappa shape index (κ3) is 5.36. The summed E-state index contributed by atoms with van der Waals surface area (Å²) in [6, 6.07) is 0. The molecule has 0 amide bonds. The third-order valence-electron chi connectivity index (χ3n) is 2.25. The van der Waals surface area contributed by atoms with Gasteiger partial charge in [0.2, 0.25) is 0 Å². The van der Waals surface area contributed by atoms with Crippen LogP contribution in [0.3, 0.4) is 0 Å². The highest BCUT2D eigenvalue weighted by molar-refractivity contribution is 7.74. The Hall–Kier alpha value is 0.0300. The monoisotopic (exact) mass is 206 g/mol. The van der Waals surface area contributed by atoms with E-state index in [2.05, 4.69) is 9.08 Å². The largest absolute Gasteiger partial charge is 0.750 e. The molecule has 1 saturated heterocycles. The predicted molar refractivity (Wildman–Crippen MR) is 49.8 cm³/mol. The van der Waals surface area contributed by atoms with Gasteiger partial charge in [0, 0.05) is 6.54 Å². The molecular weight excluding hydrogens is 190 g/mol. The minimum absolute atomic E-state index is 0.312. The van der Waals surface area contributed by atoms with Crippen LogP contribution in [0.5, 0.6) is 0 Å². The van der Waals surface area contributed by atoms with E-state index in [1.165, 1.54) is 19.3 Å². The van der Waals surface area contributed by atoms with Crippen molar-refractivity contribution in [3.05, 3.63) is 0 Å². The fraction of sp³-hybridized carbons (Fsp3) is 1.00. The molecule has 0 spiro atoms. The smallest absolute Gasteiger partial charge is 0.0842 e. The van der Waals surface area contributed by atoms with Crippen molar-refractivity contribution < 1.29 is 12.9 Å².